The Bertz CT molecular complexity index is 984. The molecule has 24 heavy (non-hydrogen) atoms. The molecule has 0 bridgehead atoms. The summed E-state index contributed by atoms with van der Waals surface area (Å²) in [5.41, 5.74) is 1.49. The molecule has 0 spiro atoms. The van der Waals surface area contributed by atoms with Crippen LogP contribution in [0, 0.1) is 5.82 Å². The van der Waals surface area contributed by atoms with Crippen molar-refractivity contribution in [3.8, 4) is 17.0 Å². The van der Waals surface area contributed by atoms with E-state index in [1.165, 1.54) is 16.7 Å². The zero-order chi connectivity index (χ0) is 17.4. The first kappa shape index (κ1) is 16.0. The van der Waals surface area contributed by atoms with Crippen molar-refractivity contribution in [2.75, 3.05) is 0 Å². The summed E-state index contributed by atoms with van der Waals surface area (Å²) < 4.78 is 21.7. The lowest BCUT2D eigenvalue weighted by Gasteiger charge is -2.15. The van der Waals surface area contributed by atoms with Crippen molar-refractivity contribution in [3.63, 3.8) is 0 Å². The molecule has 0 aliphatic heterocycles. The summed E-state index contributed by atoms with van der Waals surface area (Å²) in [6, 6.07) is 7.66. The first-order valence-corrected chi connectivity index (χ1v) is 7.58. The highest BCUT2D eigenvalue weighted by Crippen LogP contribution is 2.35. The molecule has 0 saturated carbocycles. The number of rotatable bonds is 3. The van der Waals surface area contributed by atoms with Crippen LogP contribution in [0.25, 0.3) is 22.0 Å². The predicted octanol–water partition coefficient (Wildman–Crippen LogP) is 3.00. The van der Waals surface area contributed by atoms with Gasteiger partial charge in [0.15, 0.2) is 0 Å². The molecular formula is C18H17FN2O3. The first-order valence-electron chi connectivity index (χ1n) is 7.58. The van der Waals surface area contributed by atoms with Gasteiger partial charge in [-0.2, -0.15) is 0 Å². The average molecular weight is 328 g/mol. The second kappa shape index (κ2) is 5.96. The molecule has 0 unspecified atom stereocenters. The Morgan fingerprint density at radius 3 is 2.46 bits per heavy atom. The molecule has 2 aromatic heterocycles. The van der Waals surface area contributed by atoms with Crippen LogP contribution in [0.5, 0.6) is 5.88 Å². The van der Waals surface area contributed by atoms with E-state index in [1.54, 1.807) is 50.0 Å². The van der Waals surface area contributed by atoms with Gasteiger partial charge < -0.3 is 9.30 Å². The standard InChI is InChI=1S/C18H17FN2O3/c1-4-14(22)24-18-15(11-5-7-12(19)8-6-11)13-9-10-20(2)16(13)17(23)21(18)3/h5-10H,4H2,1-3H3. The van der Waals surface area contributed by atoms with Crippen LogP contribution in [0.4, 0.5) is 4.39 Å². The van der Waals surface area contributed by atoms with Gasteiger partial charge in [0.2, 0.25) is 5.88 Å². The van der Waals surface area contributed by atoms with E-state index in [-0.39, 0.29) is 23.7 Å². The van der Waals surface area contributed by atoms with Gasteiger partial charge in [-0.1, -0.05) is 19.1 Å². The number of ether oxygens (including phenoxy) is 1. The Labute approximate surface area is 137 Å². The molecular weight excluding hydrogens is 311 g/mol. The van der Waals surface area contributed by atoms with Gasteiger partial charge in [-0.15, -0.1) is 0 Å². The normalized spacial score (nSPS) is 11.0. The molecule has 0 N–H and O–H groups in total. The van der Waals surface area contributed by atoms with Crippen LogP contribution >= 0.6 is 0 Å². The lowest BCUT2D eigenvalue weighted by molar-refractivity contribution is -0.134. The van der Waals surface area contributed by atoms with Crippen molar-refractivity contribution in [3.05, 3.63) is 52.7 Å². The fraction of sp³-hybridized carbons (Fsp3) is 0.222. The number of fused-ring (bicyclic) bond motifs is 1. The van der Waals surface area contributed by atoms with Gasteiger partial charge in [-0.25, -0.2) is 4.39 Å². The predicted molar refractivity (Wildman–Crippen MR) is 89.5 cm³/mol. The molecule has 0 radical (unpaired) electrons. The zero-order valence-corrected chi connectivity index (χ0v) is 13.7. The van der Waals surface area contributed by atoms with E-state index in [0.717, 1.165) is 0 Å². The van der Waals surface area contributed by atoms with E-state index in [9.17, 15) is 14.0 Å². The summed E-state index contributed by atoms with van der Waals surface area (Å²) in [4.78, 5) is 24.5. The first-order chi connectivity index (χ1) is 11.4. The number of carbonyl (C=O) groups excluding carboxylic acids is 1. The number of hydrogen-bond acceptors (Lipinski definition) is 3. The zero-order valence-electron chi connectivity index (χ0n) is 13.7. The number of aromatic nitrogens is 2. The topological polar surface area (TPSA) is 53.2 Å². The molecule has 0 aliphatic rings. The van der Waals surface area contributed by atoms with Crippen molar-refractivity contribution in [1.82, 2.24) is 9.13 Å². The average Bonchev–Trinajstić information content (AvgIpc) is 2.95. The van der Waals surface area contributed by atoms with Gasteiger partial charge >= 0.3 is 5.97 Å². The molecule has 3 aromatic rings. The number of halogens is 1. The molecule has 0 saturated heterocycles. The molecule has 0 atom stereocenters. The number of hydrogen-bond donors (Lipinski definition) is 0. The summed E-state index contributed by atoms with van der Waals surface area (Å²) in [5, 5.41) is 0.658. The number of esters is 1. The van der Waals surface area contributed by atoms with Crippen LogP contribution in [-0.2, 0) is 18.9 Å². The van der Waals surface area contributed by atoms with Crippen LogP contribution in [0.3, 0.4) is 0 Å². The summed E-state index contributed by atoms with van der Waals surface area (Å²) >= 11 is 0. The Morgan fingerprint density at radius 2 is 1.83 bits per heavy atom. The summed E-state index contributed by atoms with van der Waals surface area (Å²) in [6.45, 7) is 1.68. The Hall–Kier alpha value is -2.89. The van der Waals surface area contributed by atoms with Crippen LogP contribution in [0.15, 0.2) is 41.3 Å². The van der Waals surface area contributed by atoms with Crippen LogP contribution in [-0.4, -0.2) is 15.1 Å². The molecule has 1 aromatic carbocycles. The lowest BCUT2D eigenvalue weighted by Crippen LogP contribution is -2.23. The highest BCUT2D eigenvalue weighted by Gasteiger charge is 2.21. The van der Waals surface area contributed by atoms with Crippen LogP contribution < -0.4 is 10.3 Å². The van der Waals surface area contributed by atoms with Crippen molar-refractivity contribution < 1.29 is 13.9 Å². The highest BCUT2D eigenvalue weighted by molar-refractivity contribution is 5.98. The largest absolute Gasteiger partial charge is 0.408 e. The van der Waals surface area contributed by atoms with E-state index in [1.807, 2.05) is 0 Å². The molecule has 3 rings (SSSR count). The van der Waals surface area contributed by atoms with E-state index < -0.39 is 5.97 Å². The molecule has 0 amide bonds. The molecule has 0 fully saturated rings. The highest BCUT2D eigenvalue weighted by atomic mass is 19.1. The Balaban J connectivity index is 2.40. The van der Waals surface area contributed by atoms with E-state index in [2.05, 4.69) is 0 Å². The minimum absolute atomic E-state index is 0.164. The lowest BCUT2D eigenvalue weighted by atomic mass is 10.0. The smallest absolute Gasteiger partial charge is 0.312 e. The van der Waals surface area contributed by atoms with Crippen molar-refractivity contribution in [1.29, 1.82) is 0 Å². The number of pyridine rings is 1. The summed E-state index contributed by atoms with van der Waals surface area (Å²) in [5.74, 6) is -0.638. The fourth-order valence-electron chi connectivity index (χ4n) is 2.73. The minimum Gasteiger partial charge on any atom is -0.408 e. The molecule has 124 valence electrons. The third-order valence-corrected chi connectivity index (χ3v) is 4.00. The van der Waals surface area contributed by atoms with Gasteiger partial charge in [0, 0.05) is 32.1 Å². The van der Waals surface area contributed by atoms with Crippen LogP contribution in [0.2, 0.25) is 0 Å². The number of benzene rings is 1. The van der Waals surface area contributed by atoms with Gasteiger partial charge in [-0.3, -0.25) is 14.2 Å². The second-order valence-electron chi connectivity index (χ2n) is 5.57. The van der Waals surface area contributed by atoms with Gasteiger partial charge in [0.1, 0.15) is 11.3 Å². The maximum atomic E-state index is 13.3. The maximum Gasteiger partial charge on any atom is 0.312 e. The number of nitrogens with zero attached hydrogens (tertiary/aromatic N) is 2. The monoisotopic (exact) mass is 328 g/mol. The Kier molecular flexibility index (Phi) is 3.97. The van der Waals surface area contributed by atoms with Crippen LogP contribution in [0.1, 0.15) is 13.3 Å². The molecule has 6 heteroatoms. The Morgan fingerprint density at radius 1 is 1.17 bits per heavy atom. The van der Waals surface area contributed by atoms with Gasteiger partial charge in [0.05, 0.1) is 5.56 Å². The second-order valence-corrected chi connectivity index (χ2v) is 5.57. The SMILES string of the molecule is CCC(=O)Oc1c(-c2ccc(F)cc2)c2ccn(C)c2c(=O)n1C. The van der Waals surface area contributed by atoms with Crippen molar-refractivity contribution in [2.24, 2.45) is 14.1 Å². The summed E-state index contributed by atoms with van der Waals surface area (Å²) in [6.07, 6.45) is 1.95. The summed E-state index contributed by atoms with van der Waals surface area (Å²) in [7, 11) is 3.33. The minimum atomic E-state index is -0.441. The van der Waals surface area contributed by atoms with Gasteiger partial charge in [-0.05, 0) is 23.8 Å². The number of carbonyl (C=O) groups is 1. The van der Waals surface area contributed by atoms with Crippen molar-refractivity contribution in [2.45, 2.75) is 13.3 Å². The fourth-order valence-corrected chi connectivity index (χ4v) is 2.73. The molecule has 5 nitrogen and oxygen atoms in total. The van der Waals surface area contributed by atoms with Crippen molar-refractivity contribution >= 4 is 16.9 Å². The third kappa shape index (κ3) is 2.50. The number of aryl methyl sites for hydroxylation is 1. The van der Waals surface area contributed by atoms with E-state index >= 15 is 0 Å². The third-order valence-electron chi connectivity index (χ3n) is 4.00. The molecule has 2 heterocycles. The van der Waals surface area contributed by atoms with E-state index in [4.69, 9.17) is 4.74 Å². The quantitative estimate of drug-likeness (QED) is 0.695. The van der Waals surface area contributed by atoms with E-state index in [0.29, 0.717) is 22.0 Å². The maximum absolute atomic E-state index is 13.3. The molecule has 0 aliphatic carbocycles. The van der Waals surface area contributed by atoms with Gasteiger partial charge in [0.25, 0.3) is 5.56 Å².